The fourth-order valence-corrected chi connectivity index (χ4v) is 3.50. The molecule has 1 aliphatic carbocycles. The normalized spacial score (nSPS) is 20.0. The van der Waals surface area contributed by atoms with Crippen LogP contribution in [0.5, 0.6) is 0 Å². The van der Waals surface area contributed by atoms with Gasteiger partial charge in [0.05, 0.1) is 5.56 Å². The zero-order valence-corrected chi connectivity index (χ0v) is 14.8. The number of aliphatic carboxylic acids is 1. The van der Waals surface area contributed by atoms with Crippen molar-refractivity contribution >= 4 is 17.5 Å². The van der Waals surface area contributed by atoms with Crippen molar-refractivity contribution in [2.45, 2.75) is 51.4 Å². The van der Waals surface area contributed by atoms with E-state index in [1.54, 1.807) is 12.1 Å². The third kappa shape index (κ3) is 5.90. The van der Waals surface area contributed by atoms with E-state index in [-0.39, 0.29) is 35.4 Å². The van der Waals surface area contributed by atoms with Crippen LogP contribution in [-0.2, 0) is 9.59 Å². The Morgan fingerprint density at radius 3 is 2.62 bits per heavy atom. The molecular weight excluding hydrogens is 335 g/mol. The van der Waals surface area contributed by atoms with Gasteiger partial charge in [-0.1, -0.05) is 37.5 Å². The Hall–Kier alpha value is -2.30. The van der Waals surface area contributed by atoms with Crippen molar-refractivity contribution in [1.29, 1.82) is 0 Å². The van der Waals surface area contributed by atoms with Gasteiger partial charge in [0.25, 0.3) is 0 Å². The van der Waals surface area contributed by atoms with Crippen molar-refractivity contribution in [1.82, 2.24) is 0 Å². The van der Waals surface area contributed by atoms with Gasteiger partial charge in [-0.3, -0.25) is 14.4 Å². The number of carboxylic acid groups (broad SMARTS) is 1. The lowest BCUT2D eigenvalue weighted by Crippen LogP contribution is -2.13. The summed E-state index contributed by atoms with van der Waals surface area (Å²) in [6.45, 7) is 0. The number of unbranched alkanes of at least 4 members (excludes halogenated alkanes) is 3. The molecule has 0 bridgehead atoms. The van der Waals surface area contributed by atoms with E-state index < -0.39 is 11.8 Å². The van der Waals surface area contributed by atoms with Crippen LogP contribution in [0.15, 0.2) is 36.4 Å². The van der Waals surface area contributed by atoms with Gasteiger partial charge < -0.3 is 5.11 Å². The predicted octanol–water partition coefficient (Wildman–Crippen LogP) is 4.59. The maximum Gasteiger partial charge on any atom is 0.303 e. The van der Waals surface area contributed by atoms with Crippen LogP contribution in [0, 0.1) is 17.7 Å². The number of Topliss-reactive ketones (excluding diaryl/α,β-unsaturated/α-hetero) is 1. The van der Waals surface area contributed by atoms with Gasteiger partial charge >= 0.3 is 5.97 Å². The molecule has 0 aliphatic heterocycles. The molecule has 0 amide bonds. The van der Waals surface area contributed by atoms with E-state index in [1.807, 2.05) is 0 Å². The van der Waals surface area contributed by atoms with Gasteiger partial charge in [-0.25, -0.2) is 4.39 Å². The molecule has 1 fully saturated rings. The molecule has 0 unspecified atom stereocenters. The Kier molecular flexibility index (Phi) is 7.70. The van der Waals surface area contributed by atoms with Gasteiger partial charge in [0, 0.05) is 18.8 Å². The smallest absolute Gasteiger partial charge is 0.303 e. The van der Waals surface area contributed by atoms with Crippen molar-refractivity contribution in [3.63, 3.8) is 0 Å². The Morgan fingerprint density at radius 1 is 1.15 bits per heavy atom. The molecule has 0 heterocycles. The van der Waals surface area contributed by atoms with Crippen molar-refractivity contribution in [3.8, 4) is 0 Å². The zero-order valence-electron chi connectivity index (χ0n) is 14.8. The molecule has 1 saturated carbocycles. The SMILES string of the molecule is O=C(O)CCCCCC[C@@H]1C(=O)CC[C@H]1C=CC(=O)c1ccccc1F. The summed E-state index contributed by atoms with van der Waals surface area (Å²) in [5, 5.41) is 8.61. The second kappa shape index (κ2) is 10.00. The lowest BCUT2D eigenvalue weighted by Gasteiger charge is -2.14. The molecule has 0 saturated heterocycles. The minimum Gasteiger partial charge on any atom is -0.481 e. The molecule has 26 heavy (non-hydrogen) atoms. The van der Waals surface area contributed by atoms with Gasteiger partial charge in [-0.05, 0) is 43.4 Å². The van der Waals surface area contributed by atoms with Crippen LogP contribution in [0.3, 0.4) is 0 Å². The van der Waals surface area contributed by atoms with Crippen molar-refractivity contribution in [2.24, 2.45) is 11.8 Å². The molecule has 0 aromatic heterocycles. The lowest BCUT2D eigenvalue weighted by atomic mass is 9.89. The first kappa shape index (κ1) is 20.0. The lowest BCUT2D eigenvalue weighted by molar-refractivity contribution is -0.137. The highest BCUT2D eigenvalue weighted by atomic mass is 19.1. The first-order chi connectivity index (χ1) is 12.5. The molecule has 1 aromatic carbocycles. The van der Waals surface area contributed by atoms with E-state index in [0.717, 1.165) is 32.1 Å². The predicted molar refractivity (Wildman–Crippen MR) is 96.4 cm³/mol. The molecule has 1 aromatic rings. The fourth-order valence-electron chi connectivity index (χ4n) is 3.50. The van der Waals surface area contributed by atoms with Crippen molar-refractivity contribution in [3.05, 3.63) is 47.8 Å². The Labute approximate surface area is 153 Å². The van der Waals surface area contributed by atoms with Crippen LogP contribution in [0.25, 0.3) is 0 Å². The molecule has 1 N–H and O–H groups in total. The molecule has 1 aliphatic rings. The highest BCUT2D eigenvalue weighted by Crippen LogP contribution is 2.34. The van der Waals surface area contributed by atoms with Crippen molar-refractivity contribution in [2.75, 3.05) is 0 Å². The molecule has 2 rings (SSSR count). The molecule has 0 spiro atoms. The van der Waals surface area contributed by atoms with Gasteiger partial charge in [-0.15, -0.1) is 0 Å². The number of rotatable bonds is 10. The first-order valence-corrected chi connectivity index (χ1v) is 9.20. The highest BCUT2D eigenvalue weighted by molar-refractivity contribution is 6.04. The topological polar surface area (TPSA) is 71.4 Å². The minimum absolute atomic E-state index is 0.0252. The van der Waals surface area contributed by atoms with Crippen LogP contribution >= 0.6 is 0 Å². The summed E-state index contributed by atoms with van der Waals surface area (Å²) in [6.07, 6.45) is 8.63. The molecule has 4 nitrogen and oxygen atoms in total. The second-order valence-corrected chi connectivity index (χ2v) is 6.83. The Balaban J connectivity index is 1.84. The molecule has 140 valence electrons. The van der Waals surface area contributed by atoms with E-state index in [0.29, 0.717) is 12.8 Å². The molecule has 0 radical (unpaired) electrons. The maximum absolute atomic E-state index is 13.7. The summed E-state index contributed by atoms with van der Waals surface area (Å²) in [7, 11) is 0. The summed E-state index contributed by atoms with van der Waals surface area (Å²) in [5.41, 5.74) is 0.0445. The number of allylic oxidation sites excluding steroid dienone is 2. The van der Waals surface area contributed by atoms with E-state index in [9.17, 15) is 18.8 Å². The quantitative estimate of drug-likeness (QED) is 0.376. The number of carbonyl (C=O) groups excluding carboxylic acids is 2. The number of benzene rings is 1. The van der Waals surface area contributed by atoms with Gasteiger partial charge in [0.15, 0.2) is 5.78 Å². The standard InChI is InChI=1S/C21H25FO4/c22-18-9-6-5-8-17(18)20(24)14-12-15-11-13-19(23)16(15)7-3-1-2-4-10-21(25)26/h5-6,8-9,12,14-16H,1-4,7,10-11,13H2,(H,25,26)/t15-,16-/m0/s1. The Bertz CT molecular complexity index is 680. The number of halogens is 1. The minimum atomic E-state index is -0.777. The monoisotopic (exact) mass is 360 g/mol. The summed E-state index contributed by atoms with van der Waals surface area (Å²) in [4.78, 5) is 34.7. The van der Waals surface area contributed by atoms with Gasteiger partial charge in [0.2, 0.25) is 0 Å². The van der Waals surface area contributed by atoms with Crippen molar-refractivity contribution < 1.29 is 23.9 Å². The molecule has 2 atom stereocenters. The average molecular weight is 360 g/mol. The molecule has 5 heteroatoms. The Morgan fingerprint density at radius 2 is 1.88 bits per heavy atom. The summed E-state index contributed by atoms with van der Waals surface area (Å²) >= 11 is 0. The third-order valence-electron chi connectivity index (χ3n) is 4.94. The zero-order chi connectivity index (χ0) is 18.9. The largest absolute Gasteiger partial charge is 0.481 e. The first-order valence-electron chi connectivity index (χ1n) is 9.20. The summed E-state index contributed by atoms with van der Waals surface area (Å²) < 4.78 is 13.7. The summed E-state index contributed by atoms with van der Waals surface area (Å²) in [6, 6.07) is 5.87. The van der Waals surface area contributed by atoms with E-state index >= 15 is 0 Å². The van der Waals surface area contributed by atoms with Crippen LogP contribution in [-0.4, -0.2) is 22.6 Å². The van der Waals surface area contributed by atoms with Crippen LogP contribution in [0.2, 0.25) is 0 Å². The number of carbonyl (C=O) groups is 3. The van der Waals surface area contributed by atoms with E-state index in [4.69, 9.17) is 5.11 Å². The van der Waals surface area contributed by atoms with E-state index in [1.165, 1.54) is 24.3 Å². The number of carboxylic acids is 1. The fraction of sp³-hybridized carbons (Fsp3) is 0.476. The second-order valence-electron chi connectivity index (χ2n) is 6.83. The van der Waals surface area contributed by atoms with Crippen LogP contribution in [0.1, 0.15) is 61.7 Å². The maximum atomic E-state index is 13.7. The number of ketones is 2. The highest BCUT2D eigenvalue weighted by Gasteiger charge is 2.32. The average Bonchev–Trinajstić information content (AvgIpc) is 2.96. The van der Waals surface area contributed by atoms with Crippen LogP contribution in [0.4, 0.5) is 4.39 Å². The summed E-state index contributed by atoms with van der Waals surface area (Å²) in [5.74, 6) is -1.53. The van der Waals surface area contributed by atoms with E-state index in [2.05, 4.69) is 0 Å². The molecular formula is C21H25FO4. The van der Waals surface area contributed by atoms with Crippen LogP contribution < -0.4 is 0 Å². The van der Waals surface area contributed by atoms with Gasteiger partial charge in [0.1, 0.15) is 11.6 Å². The van der Waals surface area contributed by atoms with Gasteiger partial charge in [-0.2, -0.15) is 0 Å². The number of hydrogen-bond acceptors (Lipinski definition) is 3. The third-order valence-corrected chi connectivity index (χ3v) is 4.94. The number of hydrogen-bond donors (Lipinski definition) is 1.